The molecule has 0 spiro atoms. The van der Waals surface area contributed by atoms with E-state index in [0.717, 1.165) is 17.3 Å². The van der Waals surface area contributed by atoms with Gasteiger partial charge in [0.1, 0.15) is 0 Å². The molecule has 0 fully saturated rings. The fourth-order valence-corrected chi connectivity index (χ4v) is 2.29. The Morgan fingerprint density at radius 1 is 1.29 bits per heavy atom. The Labute approximate surface area is 101 Å². The number of thioether (sulfide) groups is 1. The van der Waals surface area contributed by atoms with Gasteiger partial charge in [-0.1, -0.05) is 30.3 Å². The second-order valence-electron chi connectivity index (χ2n) is 3.43. The molecule has 0 radical (unpaired) electrons. The molecule has 1 atom stereocenters. The van der Waals surface area contributed by atoms with E-state index in [4.69, 9.17) is 5.11 Å². The maximum absolute atomic E-state index is 12.3. The van der Waals surface area contributed by atoms with Crippen molar-refractivity contribution in [2.24, 2.45) is 5.92 Å². The predicted octanol–water partition coefficient (Wildman–Crippen LogP) is 3.18. The molecule has 0 aliphatic carbocycles. The highest BCUT2D eigenvalue weighted by Gasteiger charge is 2.44. The minimum Gasteiger partial charge on any atom is -0.481 e. The molecule has 6 heteroatoms. The van der Waals surface area contributed by atoms with Crippen molar-refractivity contribution in [3.63, 3.8) is 0 Å². The van der Waals surface area contributed by atoms with Gasteiger partial charge in [-0.3, -0.25) is 4.79 Å². The molecule has 1 unspecified atom stereocenters. The quantitative estimate of drug-likeness (QED) is 0.887. The second-order valence-corrected chi connectivity index (χ2v) is 4.46. The number of carbonyl (C=O) groups is 1. The molecule has 0 saturated heterocycles. The van der Waals surface area contributed by atoms with Crippen molar-refractivity contribution in [2.75, 3.05) is 5.75 Å². The van der Waals surface area contributed by atoms with E-state index < -0.39 is 23.8 Å². The van der Waals surface area contributed by atoms with Crippen LogP contribution in [-0.4, -0.2) is 23.0 Å². The Bertz CT molecular complexity index is 365. The fraction of sp³-hybridized carbons (Fsp3) is 0.364. The molecule has 2 nitrogen and oxygen atoms in total. The summed E-state index contributed by atoms with van der Waals surface area (Å²) >= 11 is 0.969. The first-order valence-electron chi connectivity index (χ1n) is 4.82. The Balaban J connectivity index is 2.46. The molecule has 0 bridgehead atoms. The van der Waals surface area contributed by atoms with Gasteiger partial charge >= 0.3 is 12.1 Å². The van der Waals surface area contributed by atoms with Crippen molar-refractivity contribution in [2.45, 2.75) is 11.9 Å². The summed E-state index contributed by atoms with van der Waals surface area (Å²) in [5.74, 6) is -4.21. The third kappa shape index (κ3) is 4.68. The maximum atomic E-state index is 12.3. The summed E-state index contributed by atoms with van der Waals surface area (Å²) in [4.78, 5) is 10.5. The molecule has 1 aromatic rings. The summed E-state index contributed by atoms with van der Waals surface area (Å²) < 4.78 is 36.9. The summed E-state index contributed by atoms with van der Waals surface area (Å²) in [7, 11) is 0. The third-order valence-corrected chi connectivity index (χ3v) is 3.20. The van der Waals surface area contributed by atoms with Gasteiger partial charge in [0.25, 0.3) is 0 Å². The highest BCUT2D eigenvalue weighted by atomic mass is 32.2. The molecule has 0 amide bonds. The van der Waals surface area contributed by atoms with Crippen LogP contribution in [0.2, 0.25) is 0 Å². The molecule has 94 valence electrons. The van der Waals surface area contributed by atoms with E-state index in [1.807, 2.05) is 6.07 Å². The smallest absolute Gasteiger partial charge is 0.403 e. The average Bonchev–Trinajstić information content (AvgIpc) is 2.23. The molecule has 0 aromatic heterocycles. The van der Waals surface area contributed by atoms with Crippen LogP contribution in [0.25, 0.3) is 0 Å². The number of carboxylic acids is 1. The molecule has 0 aliphatic heterocycles. The molecule has 0 aliphatic rings. The van der Waals surface area contributed by atoms with E-state index in [2.05, 4.69) is 0 Å². The number of carboxylic acid groups (broad SMARTS) is 1. The van der Waals surface area contributed by atoms with E-state index in [9.17, 15) is 18.0 Å². The fourth-order valence-electron chi connectivity index (χ4n) is 1.17. The van der Waals surface area contributed by atoms with Crippen molar-refractivity contribution < 1.29 is 23.1 Å². The molecule has 1 aromatic carbocycles. The monoisotopic (exact) mass is 264 g/mol. The number of rotatable bonds is 5. The average molecular weight is 264 g/mol. The second kappa shape index (κ2) is 5.95. The van der Waals surface area contributed by atoms with Gasteiger partial charge in [-0.25, -0.2) is 0 Å². The lowest BCUT2D eigenvalue weighted by molar-refractivity contribution is -0.188. The van der Waals surface area contributed by atoms with Crippen molar-refractivity contribution in [1.82, 2.24) is 0 Å². The summed E-state index contributed by atoms with van der Waals surface area (Å²) in [6.07, 6.45) is -4.68. The molecular formula is C11H11F3O2S. The first-order valence-corrected chi connectivity index (χ1v) is 5.98. The van der Waals surface area contributed by atoms with Crippen LogP contribution in [0.1, 0.15) is 5.56 Å². The maximum Gasteiger partial charge on any atom is 0.403 e. The Morgan fingerprint density at radius 2 is 1.88 bits per heavy atom. The zero-order chi connectivity index (χ0) is 12.9. The van der Waals surface area contributed by atoms with Gasteiger partial charge in [0.15, 0.2) is 5.92 Å². The highest BCUT2D eigenvalue weighted by Crippen LogP contribution is 2.30. The Kier molecular flexibility index (Phi) is 4.86. The lowest BCUT2D eigenvalue weighted by Crippen LogP contribution is -2.32. The summed E-state index contributed by atoms with van der Waals surface area (Å²) in [6.45, 7) is 0. The van der Waals surface area contributed by atoms with Gasteiger partial charge in [-0.15, -0.1) is 0 Å². The number of benzene rings is 1. The standard InChI is InChI=1S/C11H11F3O2S/c12-11(13,14)9(10(15)16)7-17-6-8-4-2-1-3-5-8/h1-5,9H,6-7H2,(H,15,16). The van der Waals surface area contributed by atoms with Crippen LogP contribution in [0.4, 0.5) is 13.2 Å². The van der Waals surface area contributed by atoms with E-state index in [-0.39, 0.29) is 0 Å². The molecule has 0 saturated carbocycles. The van der Waals surface area contributed by atoms with E-state index in [1.165, 1.54) is 0 Å². The van der Waals surface area contributed by atoms with Gasteiger partial charge in [-0.05, 0) is 5.56 Å². The SMILES string of the molecule is O=C(O)C(CSCc1ccccc1)C(F)(F)F. The number of alkyl halides is 3. The van der Waals surface area contributed by atoms with Crippen LogP contribution in [0, 0.1) is 5.92 Å². The van der Waals surface area contributed by atoms with Crippen LogP contribution in [-0.2, 0) is 10.5 Å². The number of aliphatic carboxylic acids is 1. The van der Waals surface area contributed by atoms with Crippen molar-refractivity contribution in [3.05, 3.63) is 35.9 Å². The summed E-state index contributed by atoms with van der Waals surface area (Å²) in [6, 6.07) is 8.96. The van der Waals surface area contributed by atoms with Gasteiger partial charge in [0.2, 0.25) is 0 Å². The van der Waals surface area contributed by atoms with Gasteiger partial charge < -0.3 is 5.11 Å². The van der Waals surface area contributed by atoms with Crippen molar-refractivity contribution >= 4 is 17.7 Å². The van der Waals surface area contributed by atoms with Crippen molar-refractivity contribution in [1.29, 1.82) is 0 Å². The van der Waals surface area contributed by atoms with Gasteiger partial charge in [0, 0.05) is 11.5 Å². The topological polar surface area (TPSA) is 37.3 Å². The normalized spacial score (nSPS) is 13.4. The van der Waals surface area contributed by atoms with Crippen LogP contribution >= 0.6 is 11.8 Å². The van der Waals surface area contributed by atoms with Crippen LogP contribution < -0.4 is 0 Å². The third-order valence-electron chi connectivity index (χ3n) is 2.09. The molecule has 1 N–H and O–H groups in total. The van der Waals surface area contributed by atoms with Crippen LogP contribution in [0.3, 0.4) is 0 Å². The first-order chi connectivity index (χ1) is 7.91. The highest BCUT2D eigenvalue weighted by molar-refractivity contribution is 7.98. The van der Waals surface area contributed by atoms with E-state index in [0.29, 0.717) is 5.75 Å². The zero-order valence-electron chi connectivity index (χ0n) is 8.78. The summed E-state index contributed by atoms with van der Waals surface area (Å²) in [5.41, 5.74) is 0.879. The minimum absolute atomic E-state index is 0.376. The number of hydrogen-bond acceptors (Lipinski definition) is 2. The first kappa shape index (κ1) is 13.9. The molecular weight excluding hydrogens is 253 g/mol. The largest absolute Gasteiger partial charge is 0.481 e. The molecule has 0 heterocycles. The minimum atomic E-state index is -4.68. The predicted molar refractivity (Wildman–Crippen MR) is 59.8 cm³/mol. The zero-order valence-corrected chi connectivity index (χ0v) is 9.59. The summed E-state index contributed by atoms with van der Waals surface area (Å²) in [5, 5.41) is 8.47. The molecule has 17 heavy (non-hydrogen) atoms. The lowest BCUT2D eigenvalue weighted by atomic mass is 10.2. The number of halogens is 3. The lowest BCUT2D eigenvalue weighted by Gasteiger charge is -2.15. The Hall–Kier alpha value is -1.17. The number of hydrogen-bond donors (Lipinski definition) is 1. The van der Waals surface area contributed by atoms with Crippen LogP contribution in [0.5, 0.6) is 0 Å². The van der Waals surface area contributed by atoms with Gasteiger partial charge in [0.05, 0.1) is 0 Å². The molecule has 1 rings (SSSR count). The van der Waals surface area contributed by atoms with Crippen LogP contribution in [0.15, 0.2) is 30.3 Å². The van der Waals surface area contributed by atoms with Gasteiger partial charge in [-0.2, -0.15) is 24.9 Å². The van der Waals surface area contributed by atoms with E-state index >= 15 is 0 Å². The van der Waals surface area contributed by atoms with Crippen molar-refractivity contribution in [3.8, 4) is 0 Å². The Morgan fingerprint density at radius 3 is 2.35 bits per heavy atom. The van der Waals surface area contributed by atoms with E-state index in [1.54, 1.807) is 24.3 Å².